The molecule has 0 radical (unpaired) electrons. The smallest absolute Gasteiger partial charge is 0.409 e. The van der Waals surface area contributed by atoms with E-state index in [0.29, 0.717) is 16.9 Å². The number of imidazole rings is 1. The number of fused-ring (bicyclic) bond motifs is 1. The maximum atomic E-state index is 14.1. The van der Waals surface area contributed by atoms with Gasteiger partial charge in [0.2, 0.25) is 5.89 Å². The fourth-order valence-electron chi connectivity index (χ4n) is 4.14. The lowest BCUT2D eigenvalue weighted by molar-refractivity contribution is 0.107. The van der Waals surface area contributed by atoms with Gasteiger partial charge in [-0.2, -0.15) is 21.5 Å². The third kappa shape index (κ3) is 5.37. The van der Waals surface area contributed by atoms with Crippen molar-refractivity contribution in [2.75, 3.05) is 37.6 Å². The van der Waals surface area contributed by atoms with Crippen molar-refractivity contribution in [2.24, 2.45) is 0 Å². The molecule has 12 nitrogen and oxygen atoms in total. The van der Waals surface area contributed by atoms with Gasteiger partial charge in [0, 0.05) is 44.1 Å². The van der Waals surface area contributed by atoms with Crippen LogP contribution in [0.2, 0.25) is 0 Å². The summed E-state index contributed by atoms with van der Waals surface area (Å²) in [5, 5.41) is 6.95. The first kappa shape index (κ1) is 26.4. The second-order valence-corrected chi connectivity index (χ2v) is 10.4. The van der Waals surface area contributed by atoms with Crippen LogP contribution in [0.3, 0.4) is 0 Å². The molecule has 0 bridgehead atoms. The summed E-state index contributed by atoms with van der Waals surface area (Å²) in [6, 6.07) is 8.26. The molecule has 39 heavy (non-hydrogen) atoms. The molecule has 206 valence electrons. The van der Waals surface area contributed by atoms with Crippen LogP contribution in [0, 0.1) is 5.82 Å². The average molecular weight is 566 g/mol. The van der Waals surface area contributed by atoms with Crippen molar-refractivity contribution in [2.45, 2.75) is 13.0 Å². The first-order valence-electron chi connectivity index (χ1n) is 11.6. The molecule has 0 N–H and O–H groups in total. The number of piperazine rings is 1. The van der Waals surface area contributed by atoms with Crippen LogP contribution in [-0.4, -0.2) is 76.6 Å². The summed E-state index contributed by atoms with van der Waals surface area (Å²) in [4.78, 5) is 17.7. The lowest BCUT2D eigenvalue weighted by Gasteiger charge is -2.36. The average Bonchev–Trinajstić information content (AvgIpc) is 3.58. The van der Waals surface area contributed by atoms with E-state index in [2.05, 4.69) is 15.2 Å². The van der Waals surface area contributed by atoms with E-state index >= 15 is 0 Å². The summed E-state index contributed by atoms with van der Waals surface area (Å²) < 4.78 is 80.8. The van der Waals surface area contributed by atoms with Gasteiger partial charge in [-0.05, 0) is 30.3 Å². The van der Waals surface area contributed by atoms with Crippen molar-refractivity contribution in [1.82, 2.24) is 28.8 Å². The molecule has 3 aromatic heterocycles. The number of ether oxygens (including phenoxy) is 1. The van der Waals surface area contributed by atoms with E-state index in [1.54, 1.807) is 22.9 Å². The Balaban J connectivity index is 1.44. The molecule has 1 fully saturated rings. The van der Waals surface area contributed by atoms with Gasteiger partial charge in [-0.15, -0.1) is 10.2 Å². The number of rotatable bonds is 7. The van der Waals surface area contributed by atoms with Gasteiger partial charge >= 0.3 is 22.7 Å². The summed E-state index contributed by atoms with van der Waals surface area (Å²) in [6.07, 6.45) is -0.286. The molecule has 16 heteroatoms. The molecular formula is C23H22F3N7O5S. The van der Waals surface area contributed by atoms with Crippen molar-refractivity contribution in [3.05, 3.63) is 66.2 Å². The van der Waals surface area contributed by atoms with Crippen LogP contribution in [0.15, 0.2) is 53.2 Å². The highest BCUT2D eigenvalue weighted by Gasteiger charge is 2.34. The van der Waals surface area contributed by atoms with Gasteiger partial charge in [0.05, 0.1) is 25.0 Å². The molecule has 1 aromatic carbocycles. The van der Waals surface area contributed by atoms with E-state index < -0.39 is 34.4 Å². The highest BCUT2D eigenvalue weighted by molar-refractivity contribution is 7.90. The molecule has 0 spiro atoms. The fraction of sp³-hybridized carbons (Fsp3) is 0.304. The Hall–Kier alpha value is -4.18. The summed E-state index contributed by atoms with van der Waals surface area (Å²) in [5.74, 6) is -1.55. The van der Waals surface area contributed by atoms with Crippen molar-refractivity contribution in [1.29, 1.82) is 0 Å². The largest absolute Gasteiger partial charge is 0.453 e. The first-order valence-corrected chi connectivity index (χ1v) is 13.0. The molecule has 0 atom stereocenters. The highest BCUT2D eigenvalue weighted by atomic mass is 32.2. The quantitative estimate of drug-likeness (QED) is 0.335. The topological polar surface area (TPSA) is 126 Å². The molecule has 1 aliphatic heterocycles. The standard InChI is InChI=1S/C23H22F3N7O5S/c1-37-23(34)30-7-9-32(10-8-30)39(35,36)33(18-4-2-3-16(24)12-18)14-17-13-31-6-5-15(11-19(31)27-17)21-28-29-22(38-21)20(25)26/h2-6,11-13,20H,7-10,14H2,1H3. The Kier molecular flexibility index (Phi) is 7.14. The molecule has 0 saturated carbocycles. The Labute approximate surface area is 220 Å². The van der Waals surface area contributed by atoms with E-state index in [-0.39, 0.29) is 44.3 Å². The molecule has 4 heterocycles. The van der Waals surface area contributed by atoms with Crippen molar-refractivity contribution >= 4 is 27.6 Å². The summed E-state index contributed by atoms with van der Waals surface area (Å²) in [6.45, 7) is 0.0488. The van der Waals surface area contributed by atoms with Crippen LogP contribution < -0.4 is 4.31 Å². The SMILES string of the molecule is COC(=O)N1CCN(S(=O)(=O)N(Cc2cn3ccc(-c4nnc(C(F)F)o4)cc3n2)c2cccc(F)c2)CC1. The van der Waals surface area contributed by atoms with Crippen LogP contribution in [-0.2, 0) is 21.5 Å². The van der Waals surface area contributed by atoms with Crippen LogP contribution in [0.5, 0.6) is 0 Å². The number of alkyl halides is 2. The highest BCUT2D eigenvalue weighted by Crippen LogP contribution is 2.27. The number of halogens is 3. The zero-order chi connectivity index (χ0) is 27.7. The zero-order valence-electron chi connectivity index (χ0n) is 20.4. The monoisotopic (exact) mass is 565 g/mol. The van der Waals surface area contributed by atoms with Gasteiger partial charge in [-0.3, -0.25) is 4.31 Å². The van der Waals surface area contributed by atoms with Crippen LogP contribution in [0.25, 0.3) is 17.1 Å². The Morgan fingerprint density at radius 2 is 1.92 bits per heavy atom. The molecule has 0 unspecified atom stereocenters. The number of pyridine rings is 1. The number of carbonyl (C=O) groups is 1. The summed E-state index contributed by atoms with van der Waals surface area (Å²) >= 11 is 0. The van der Waals surface area contributed by atoms with E-state index in [9.17, 15) is 26.4 Å². The number of amides is 1. The van der Waals surface area contributed by atoms with Gasteiger partial charge in [0.1, 0.15) is 11.5 Å². The minimum atomic E-state index is -4.17. The third-order valence-electron chi connectivity index (χ3n) is 6.06. The van der Waals surface area contributed by atoms with Gasteiger partial charge in [0.15, 0.2) is 0 Å². The predicted molar refractivity (Wildman–Crippen MR) is 130 cm³/mol. The Morgan fingerprint density at radius 1 is 1.15 bits per heavy atom. The normalized spacial score (nSPS) is 14.7. The molecule has 1 aliphatic rings. The van der Waals surface area contributed by atoms with Gasteiger partial charge in [0.25, 0.3) is 5.89 Å². The van der Waals surface area contributed by atoms with Crippen LogP contribution in [0.4, 0.5) is 23.7 Å². The Bertz CT molecular complexity index is 1600. The minimum Gasteiger partial charge on any atom is -0.453 e. The molecule has 0 aliphatic carbocycles. The maximum absolute atomic E-state index is 14.1. The van der Waals surface area contributed by atoms with Gasteiger partial charge < -0.3 is 18.5 Å². The van der Waals surface area contributed by atoms with Gasteiger partial charge in [-0.1, -0.05) is 6.07 Å². The number of benzene rings is 1. The molecular weight excluding hydrogens is 543 g/mol. The molecule has 5 rings (SSSR count). The number of hydrogen-bond acceptors (Lipinski definition) is 8. The van der Waals surface area contributed by atoms with E-state index in [4.69, 9.17) is 9.15 Å². The molecule has 1 amide bonds. The maximum Gasteiger partial charge on any atom is 0.409 e. The molecule has 4 aromatic rings. The van der Waals surface area contributed by atoms with Gasteiger partial charge in [-0.25, -0.2) is 14.2 Å². The summed E-state index contributed by atoms with van der Waals surface area (Å²) in [7, 11) is -2.93. The number of hydrogen-bond donors (Lipinski definition) is 0. The number of carbonyl (C=O) groups excluding carboxylic acids is 1. The minimum absolute atomic E-state index is 0.0164. The molecule has 1 saturated heterocycles. The second kappa shape index (κ2) is 10.5. The van der Waals surface area contributed by atoms with E-state index in [1.165, 1.54) is 40.6 Å². The third-order valence-corrected chi connectivity index (χ3v) is 7.98. The van der Waals surface area contributed by atoms with E-state index in [1.807, 2.05) is 0 Å². The fourth-order valence-corrected chi connectivity index (χ4v) is 5.72. The predicted octanol–water partition coefficient (Wildman–Crippen LogP) is 3.10. The number of aromatic nitrogens is 4. The number of nitrogens with zero attached hydrogens (tertiary/aromatic N) is 7. The number of anilines is 1. The van der Waals surface area contributed by atoms with Crippen molar-refractivity contribution < 1.29 is 35.5 Å². The number of methoxy groups -OCH3 is 1. The Morgan fingerprint density at radius 3 is 2.59 bits per heavy atom. The summed E-state index contributed by atoms with van der Waals surface area (Å²) in [5.41, 5.74) is 1.13. The van der Waals surface area contributed by atoms with Crippen LogP contribution in [0.1, 0.15) is 18.0 Å². The van der Waals surface area contributed by atoms with E-state index in [0.717, 1.165) is 10.4 Å². The van der Waals surface area contributed by atoms with Crippen molar-refractivity contribution in [3.8, 4) is 11.5 Å². The lowest BCUT2D eigenvalue weighted by atomic mass is 10.2. The first-order chi connectivity index (χ1) is 18.7. The lowest BCUT2D eigenvalue weighted by Crippen LogP contribution is -2.54. The van der Waals surface area contributed by atoms with Crippen LogP contribution >= 0.6 is 0 Å². The van der Waals surface area contributed by atoms with Crippen molar-refractivity contribution in [3.63, 3.8) is 0 Å². The zero-order valence-corrected chi connectivity index (χ0v) is 21.3. The second-order valence-electron chi connectivity index (χ2n) is 8.51.